The van der Waals surface area contributed by atoms with E-state index in [0.29, 0.717) is 33.8 Å². The molecule has 1 aromatic carbocycles. The lowest BCUT2D eigenvalue weighted by molar-refractivity contribution is 0.0699. The minimum Gasteiger partial charge on any atom is -0.382 e. The Morgan fingerprint density at radius 2 is 1.86 bits per heavy atom. The second-order valence-electron chi connectivity index (χ2n) is 8.13. The van der Waals surface area contributed by atoms with Crippen LogP contribution in [0.5, 0.6) is 0 Å². The average Bonchev–Trinajstić information content (AvgIpc) is 2.76. The highest BCUT2D eigenvalue weighted by atomic mass is 35.5. The summed E-state index contributed by atoms with van der Waals surface area (Å²) in [4.78, 5) is 4.42. The Hall–Kier alpha value is -1.85. The fraction of sp³-hybridized carbons (Fsp3) is 0.522. The van der Waals surface area contributed by atoms with E-state index in [4.69, 9.17) is 16.3 Å². The number of hydrogen-bond donors (Lipinski definition) is 2. The first-order chi connectivity index (χ1) is 14.2. The van der Waals surface area contributed by atoms with E-state index in [1.165, 1.54) is 19.3 Å². The normalized spacial score (nSPS) is 18.6. The molecule has 29 heavy (non-hydrogen) atoms. The molecule has 2 fully saturated rings. The van der Waals surface area contributed by atoms with Crippen LogP contribution in [0.25, 0.3) is 11.1 Å². The summed E-state index contributed by atoms with van der Waals surface area (Å²) in [6, 6.07) is 7.74. The molecule has 1 aromatic heterocycles. The van der Waals surface area contributed by atoms with E-state index >= 15 is 4.39 Å². The molecular formula is C23H29ClFN3O. The fourth-order valence-corrected chi connectivity index (χ4v) is 4.47. The van der Waals surface area contributed by atoms with Crippen LogP contribution in [-0.4, -0.2) is 30.8 Å². The summed E-state index contributed by atoms with van der Waals surface area (Å²) < 4.78 is 20.7. The van der Waals surface area contributed by atoms with Crippen molar-refractivity contribution in [3.63, 3.8) is 0 Å². The first-order valence-corrected chi connectivity index (χ1v) is 11.1. The maximum Gasteiger partial charge on any atom is 0.154 e. The van der Waals surface area contributed by atoms with Crippen molar-refractivity contribution in [2.24, 2.45) is 5.92 Å². The predicted octanol–water partition coefficient (Wildman–Crippen LogP) is 6.12. The third-order valence-corrected chi connectivity index (χ3v) is 6.32. The van der Waals surface area contributed by atoms with Crippen molar-refractivity contribution < 1.29 is 9.13 Å². The molecule has 1 saturated heterocycles. The van der Waals surface area contributed by atoms with Gasteiger partial charge in [-0.05, 0) is 43.7 Å². The smallest absolute Gasteiger partial charge is 0.154 e. The van der Waals surface area contributed by atoms with Crippen molar-refractivity contribution in [2.75, 3.05) is 30.4 Å². The Morgan fingerprint density at radius 3 is 2.66 bits per heavy atom. The molecule has 156 valence electrons. The number of halogens is 2. The molecule has 0 bridgehead atoms. The van der Waals surface area contributed by atoms with E-state index in [9.17, 15) is 0 Å². The molecule has 6 heteroatoms. The maximum atomic E-state index is 15.3. The molecule has 4 nitrogen and oxygen atoms in total. The Morgan fingerprint density at radius 1 is 1.07 bits per heavy atom. The Labute approximate surface area is 177 Å². The van der Waals surface area contributed by atoms with Gasteiger partial charge in [-0.3, -0.25) is 0 Å². The number of hydrogen-bond acceptors (Lipinski definition) is 4. The number of pyridine rings is 1. The zero-order valence-corrected chi connectivity index (χ0v) is 17.5. The van der Waals surface area contributed by atoms with Crippen LogP contribution < -0.4 is 10.6 Å². The highest BCUT2D eigenvalue weighted by molar-refractivity contribution is 6.33. The summed E-state index contributed by atoms with van der Waals surface area (Å²) >= 11 is 6.41. The zero-order valence-electron chi connectivity index (χ0n) is 16.7. The molecular weight excluding hydrogens is 389 g/mol. The van der Waals surface area contributed by atoms with Crippen molar-refractivity contribution >= 4 is 23.1 Å². The molecule has 2 aliphatic rings. The van der Waals surface area contributed by atoms with E-state index in [1.54, 1.807) is 18.3 Å². The van der Waals surface area contributed by atoms with Gasteiger partial charge in [0.1, 0.15) is 5.82 Å². The predicted molar refractivity (Wildman–Crippen MR) is 117 cm³/mol. The van der Waals surface area contributed by atoms with Gasteiger partial charge in [0.05, 0.1) is 10.7 Å². The second-order valence-corrected chi connectivity index (χ2v) is 8.54. The summed E-state index contributed by atoms with van der Waals surface area (Å²) in [5.41, 5.74) is 1.69. The minimum atomic E-state index is -0.267. The highest BCUT2D eigenvalue weighted by Gasteiger charge is 2.18. The van der Waals surface area contributed by atoms with Crippen molar-refractivity contribution in [2.45, 2.75) is 51.0 Å². The summed E-state index contributed by atoms with van der Waals surface area (Å²) in [5, 5.41) is 7.25. The largest absolute Gasteiger partial charge is 0.382 e. The van der Waals surface area contributed by atoms with Crippen LogP contribution in [-0.2, 0) is 4.74 Å². The average molecular weight is 418 g/mol. The van der Waals surface area contributed by atoms with Gasteiger partial charge in [-0.2, -0.15) is 0 Å². The monoisotopic (exact) mass is 417 g/mol. The van der Waals surface area contributed by atoms with E-state index in [2.05, 4.69) is 15.6 Å². The van der Waals surface area contributed by atoms with Crippen molar-refractivity contribution in [1.82, 2.24) is 4.98 Å². The van der Waals surface area contributed by atoms with Crippen LogP contribution in [0.4, 0.5) is 15.9 Å². The molecule has 0 spiro atoms. The van der Waals surface area contributed by atoms with Crippen molar-refractivity contribution in [3.8, 4) is 11.1 Å². The molecule has 1 aliphatic carbocycles. The third-order valence-electron chi connectivity index (χ3n) is 6.02. The topological polar surface area (TPSA) is 46.2 Å². The Balaban J connectivity index is 1.51. The van der Waals surface area contributed by atoms with Gasteiger partial charge in [0.2, 0.25) is 0 Å². The van der Waals surface area contributed by atoms with Crippen LogP contribution in [0.15, 0.2) is 30.5 Å². The number of aromatic nitrogens is 1. The van der Waals surface area contributed by atoms with Gasteiger partial charge in [0.25, 0.3) is 0 Å². The molecule has 0 unspecified atom stereocenters. The molecule has 2 heterocycles. The summed E-state index contributed by atoms with van der Waals surface area (Å²) in [5.74, 6) is 1.01. The molecule has 1 aliphatic heterocycles. The van der Waals surface area contributed by atoms with Crippen LogP contribution in [0, 0.1) is 11.7 Å². The Kier molecular flexibility index (Phi) is 6.88. The number of ether oxygens (including phenoxy) is 1. The number of anilines is 2. The molecule has 2 aromatic rings. The van der Waals surface area contributed by atoms with Crippen LogP contribution in [0.1, 0.15) is 44.9 Å². The fourth-order valence-electron chi connectivity index (χ4n) is 4.26. The first kappa shape index (κ1) is 20.4. The molecule has 0 radical (unpaired) electrons. The number of nitrogens with zero attached hydrogens (tertiary/aromatic N) is 1. The SMILES string of the molecule is Fc1c(NCC2CCOCC2)cccc1-c1cc(NC2CCCCC2)ncc1Cl. The zero-order chi connectivity index (χ0) is 20.1. The van der Waals surface area contributed by atoms with E-state index < -0.39 is 0 Å². The minimum absolute atomic E-state index is 0.267. The molecule has 0 atom stereocenters. The second kappa shape index (κ2) is 9.77. The molecule has 1 saturated carbocycles. The lowest BCUT2D eigenvalue weighted by Gasteiger charge is -2.24. The van der Waals surface area contributed by atoms with Gasteiger partial charge in [-0.1, -0.05) is 43.0 Å². The molecule has 2 N–H and O–H groups in total. The van der Waals surface area contributed by atoms with Crippen molar-refractivity contribution in [1.29, 1.82) is 0 Å². The third kappa shape index (κ3) is 5.20. The van der Waals surface area contributed by atoms with Crippen LogP contribution in [0.2, 0.25) is 5.02 Å². The van der Waals surface area contributed by atoms with E-state index in [0.717, 1.165) is 51.3 Å². The quantitative estimate of drug-likeness (QED) is 0.594. The summed E-state index contributed by atoms with van der Waals surface area (Å²) in [6.07, 6.45) is 9.74. The van der Waals surface area contributed by atoms with Gasteiger partial charge >= 0.3 is 0 Å². The van der Waals surface area contributed by atoms with Crippen LogP contribution in [0.3, 0.4) is 0 Å². The lowest BCUT2D eigenvalue weighted by Crippen LogP contribution is -2.23. The standard InChI is InChI=1S/C23H29ClFN3O/c24-20-15-27-22(28-17-5-2-1-3-6-17)13-19(20)18-7-4-8-21(23(18)25)26-14-16-9-11-29-12-10-16/h4,7-8,13,15-17,26H,1-3,5-6,9-12,14H2,(H,27,28). The maximum absolute atomic E-state index is 15.3. The molecule has 0 amide bonds. The van der Waals surface area contributed by atoms with Gasteiger partial charge in [-0.15, -0.1) is 0 Å². The van der Waals surface area contributed by atoms with Crippen molar-refractivity contribution in [3.05, 3.63) is 41.3 Å². The molecule has 4 rings (SSSR count). The highest BCUT2D eigenvalue weighted by Crippen LogP contribution is 2.34. The lowest BCUT2D eigenvalue weighted by atomic mass is 9.95. The van der Waals surface area contributed by atoms with Gasteiger partial charge in [0, 0.05) is 43.1 Å². The number of rotatable bonds is 6. The van der Waals surface area contributed by atoms with E-state index in [1.807, 2.05) is 12.1 Å². The van der Waals surface area contributed by atoms with Crippen LogP contribution >= 0.6 is 11.6 Å². The van der Waals surface area contributed by atoms with Gasteiger partial charge < -0.3 is 15.4 Å². The van der Waals surface area contributed by atoms with Gasteiger partial charge in [-0.25, -0.2) is 9.37 Å². The summed E-state index contributed by atoms with van der Waals surface area (Å²) in [6.45, 7) is 2.33. The van der Waals surface area contributed by atoms with E-state index in [-0.39, 0.29) is 5.82 Å². The number of nitrogens with one attached hydrogen (secondary N) is 2. The Bertz CT molecular complexity index is 820. The summed E-state index contributed by atoms with van der Waals surface area (Å²) in [7, 11) is 0. The first-order valence-electron chi connectivity index (χ1n) is 10.7. The van der Waals surface area contributed by atoms with Gasteiger partial charge in [0.15, 0.2) is 5.82 Å². The number of benzene rings is 1.